The van der Waals surface area contributed by atoms with Gasteiger partial charge in [0.1, 0.15) is 0 Å². The van der Waals surface area contributed by atoms with Crippen molar-refractivity contribution < 1.29 is 0 Å². The Hall–Kier alpha value is -1.19. The van der Waals surface area contributed by atoms with E-state index in [4.69, 9.17) is 0 Å². The Kier molecular flexibility index (Phi) is 3.92. The van der Waals surface area contributed by atoms with Gasteiger partial charge in [0.15, 0.2) is 0 Å². The maximum Gasteiger partial charge on any atom is 0.242 e. The lowest BCUT2D eigenvalue weighted by Gasteiger charge is -2.28. The monoisotopic (exact) mass is 234 g/mol. The van der Waals surface area contributed by atoms with Crippen LogP contribution in [0.15, 0.2) is 0 Å². The minimum absolute atomic E-state index is 0.672. The number of nitrogens with zero attached hydrogens (tertiary/aromatic N) is 3. The maximum atomic E-state index is 4.40. The highest BCUT2D eigenvalue weighted by Crippen LogP contribution is 2.29. The van der Waals surface area contributed by atoms with Crippen molar-refractivity contribution in [2.24, 2.45) is 11.8 Å². The van der Waals surface area contributed by atoms with Crippen molar-refractivity contribution >= 4 is 5.95 Å². The molecule has 1 fully saturated rings. The minimum atomic E-state index is 0.672. The molecule has 0 aromatic carbocycles. The normalized spacial score (nSPS) is 24.6. The number of aromatic nitrogens is 3. The van der Waals surface area contributed by atoms with Crippen molar-refractivity contribution in [2.75, 3.05) is 11.9 Å². The SMILES string of the molecule is Cc1nnc(NCC2CCCCC2C)nc1C. The molecular weight excluding hydrogens is 212 g/mol. The van der Waals surface area contributed by atoms with Crippen molar-refractivity contribution in [1.82, 2.24) is 15.2 Å². The third kappa shape index (κ3) is 3.14. The molecular formula is C13H22N4. The molecule has 1 aliphatic rings. The molecule has 1 aromatic heterocycles. The van der Waals surface area contributed by atoms with Gasteiger partial charge in [-0.1, -0.05) is 26.2 Å². The molecule has 0 radical (unpaired) electrons. The fourth-order valence-electron chi connectivity index (χ4n) is 2.45. The van der Waals surface area contributed by atoms with E-state index in [2.05, 4.69) is 27.4 Å². The Labute approximate surface area is 103 Å². The zero-order valence-electron chi connectivity index (χ0n) is 11.0. The lowest BCUT2D eigenvalue weighted by molar-refractivity contribution is 0.268. The Balaban J connectivity index is 1.90. The topological polar surface area (TPSA) is 50.7 Å². The van der Waals surface area contributed by atoms with Crippen molar-refractivity contribution in [3.05, 3.63) is 11.4 Å². The fourth-order valence-corrected chi connectivity index (χ4v) is 2.45. The van der Waals surface area contributed by atoms with Crippen LogP contribution in [-0.4, -0.2) is 21.7 Å². The summed E-state index contributed by atoms with van der Waals surface area (Å²) in [4.78, 5) is 4.40. The van der Waals surface area contributed by atoms with E-state index >= 15 is 0 Å². The van der Waals surface area contributed by atoms with Crippen LogP contribution in [0.3, 0.4) is 0 Å². The molecule has 0 aliphatic heterocycles. The van der Waals surface area contributed by atoms with Gasteiger partial charge in [0.25, 0.3) is 0 Å². The molecule has 4 heteroatoms. The lowest BCUT2D eigenvalue weighted by Crippen LogP contribution is -2.25. The fraction of sp³-hybridized carbons (Fsp3) is 0.769. The van der Waals surface area contributed by atoms with Crippen molar-refractivity contribution in [1.29, 1.82) is 0 Å². The molecule has 1 saturated carbocycles. The van der Waals surface area contributed by atoms with Gasteiger partial charge in [-0.2, -0.15) is 5.10 Å². The summed E-state index contributed by atoms with van der Waals surface area (Å²) < 4.78 is 0. The quantitative estimate of drug-likeness (QED) is 0.873. The summed E-state index contributed by atoms with van der Waals surface area (Å²) in [5.41, 5.74) is 1.86. The molecule has 2 atom stereocenters. The van der Waals surface area contributed by atoms with Gasteiger partial charge in [0.2, 0.25) is 5.95 Å². The number of hydrogen-bond acceptors (Lipinski definition) is 4. The Morgan fingerprint density at radius 3 is 2.59 bits per heavy atom. The van der Waals surface area contributed by atoms with Crippen LogP contribution in [0.2, 0.25) is 0 Å². The number of aryl methyl sites for hydroxylation is 2. The highest BCUT2D eigenvalue weighted by molar-refractivity contribution is 5.24. The Bertz CT molecular complexity index is 378. The van der Waals surface area contributed by atoms with Crippen LogP contribution >= 0.6 is 0 Å². The van der Waals surface area contributed by atoms with E-state index in [0.29, 0.717) is 5.95 Å². The Morgan fingerprint density at radius 1 is 1.12 bits per heavy atom. The number of rotatable bonds is 3. The van der Waals surface area contributed by atoms with Crippen molar-refractivity contribution in [3.8, 4) is 0 Å². The lowest BCUT2D eigenvalue weighted by atomic mass is 9.80. The van der Waals surface area contributed by atoms with Gasteiger partial charge < -0.3 is 5.32 Å². The zero-order chi connectivity index (χ0) is 12.3. The molecule has 17 heavy (non-hydrogen) atoms. The van der Waals surface area contributed by atoms with E-state index in [1.807, 2.05) is 13.8 Å². The van der Waals surface area contributed by atoms with Gasteiger partial charge in [-0.15, -0.1) is 5.10 Å². The largest absolute Gasteiger partial charge is 0.353 e. The summed E-state index contributed by atoms with van der Waals surface area (Å²) in [6.45, 7) is 7.23. The highest BCUT2D eigenvalue weighted by Gasteiger charge is 2.21. The summed E-state index contributed by atoms with van der Waals surface area (Å²) in [7, 11) is 0. The average Bonchev–Trinajstić information content (AvgIpc) is 2.32. The molecule has 0 amide bonds. The second-order valence-electron chi connectivity index (χ2n) is 5.21. The van der Waals surface area contributed by atoms with Crippen LogP contribution in [0.4, 0.5) is 5.95 Å². The predicted molar refractivity (Wildman–Crippen MR) is 68.9 cm³/mol. The maximum absolute atomic E-state index is 4.40. The molecule has 94 valence electrons. The summed E-state index contributed by atoms with van der Waals surface area (Å²) in [6, 6.07) is 0. The van der Waals surface area contributed by atoms with Crippen LogP contribution < -0.4 is 5.32 Å². The average molecular weight is 234 g/mol. The van der Waals surface area contributed by atoms with Crippen molar-refractivity contribution in [2.45, 2.75) is 46.5 Å². The molecule has 4 nitrogen and oxygen atoms in total. The standard InChI is InChI=1S/C13H22N4/c1-9-6-4-5-7-12(9)8-14-13-15-10(2)11(3)16-17-13/h9,12H,4-8H2,1-3H3,(H,14,15,17). The number of anilines is 1. The third-order valence-corrected chi connectivity index (χ3v) is 3.90. The van der Waals surface area contributed by atoms with Gasteiger partial charge >= 0.3 is 0 Å². The van der Waals surface area contributed by atoms with Crippen molar-refractivity contribution in [3.63, 3.8) is 0 Å². The van der Waals surface area contributed by atoms with Gasteiger partial charge in [-0.3, -0.25) is 0 Å². The molecule has 2 unspecified atom stereocenters. The molecule has 0 saturated heterocycles. The highest BCUT2D eigenvalue weighted by atomic mass is 15.2. The predicted octanol–water partition coefficient (Wildman–Crippen LogP) is 2.73. The van der Waals surface area contributed by atoms with E-state index in [0.717, 1.165) is 29.8 Å². The van der Waals surface area contributed by atoms with E-state index in [-0.39, 0.29) is 0 Å². The van der Waals surface area contributed by atoms with Crippen LogP contribution in [0, 0.1) is 25.7 Å². The van der Waals surface area contributed by atoms with Crippen LogP contribution in [0.25, 0.3) is 0 Å². The first-order valence-corrected chi connectivity index (χ1v) is 6.58. The minimum Gasteiger partial charge on any atom is -0.353 e. The van der Waals surface area contributed by atoms with E-state index in [9.17, 15) is 0 Å². The molecule has 1 N–H and O–H groups in total. The van der Waals surface area contributed by atoms with E-state index < -0.39 is 0 Å². The first kappa shape index (κ1) is 12.3. The molecule has 1 aromatic rings. The smallest absolute Gasteiger partial charge is 0.242 e. The molecule has 1 aliphatic carbocycles. The van der Waals surface area contributed by atoms with E-state index in [1.165, 1.54) is 25.7 Å². The summed E-state index contributed by atoms with van der Waals surface area (Å²) in [6.07, 6.45) is 5.44. The molecule has 0 bridgehead atoms. The van der Waals surface area contributed by atoms with Gasteiger partial charge in [0.05, 0.1) is 11.4 Å². The van der Waals surface area contributed by atoms with Crippen LogP contribution in [0.1, 0.15) is 44.0 Å². The first-order chi connectivity index (χ1) is 8.16. The summed E-state index contributed by atoms with van der Waals surface area (Å²) >= 11 is 0. The van der Waals surface area contributed by atoms with Crippen LogP contribution in [0.5, 0.6) is 0 Å². The molecule has 1 heterocycles. The summed E-state index contributed by atoms with van der Waals surface area (Å²) in [5, 5.41) is 11.5. The second kappa shape index (κ2) is 5.43. The van der Waals surface area contributed by atoms with E-state index in [1.54, 1.807) is 0 Å². The van der Waals surface area contributed by atoms with Gasteiger partial charge in [0, 0.05) is 6.54 Å². The van der Waals surface area contributed by atoms with Gasteiger partial charge in [-0.25, -0.2) is 4.98 Å². The summed E-state index contributed by atoms with van der Waals surface area (Å²) in [5.74, 6) is 2.25. The van der Waals surface area contributed by atoms with Crippen LogP contribution in [-0.2, 0) is 0 Å². The molecule has 0 spiro atoms. The number of nitrogens with one attached hydrogen (secondary N) is 1. The first-order valence-electron chi connectivity index (χ1n) is 6.58. The second-order valence-corrected chi connectivity index (χ2v) is 5.21. The zero-order valence-corrected chi connectivity index (χ0v) is 11.0. The number of hydrogen-bond donors (Lipinski definition) is 1. The van der Waals surface area contributed by atoms with Gasteiger partial charge in [-0.05, 0) is 32.1 Å². The Morgan fingerprint density at radius 2 is 1.88 bits per heavy atom. The molecule has 2 rings (SSSR count). The third-order valence-electron chi connectivity index (χ3n) is 3.90.